The average molecular weight is 529 g/mol. The number of nitrogens with one attached hydrogen (secondary N) is 1. The number of hydrogen-bond donors (Lipinski definition) is 2. The molecule has 0 saturated carbocycles. The van der Waals surface area contributed by atoms with E-state index in [4.69, 9.17) is 4.78 Å². The summed E-state index contributed by atoms with van der Waals surface area (Å²) in [6, 6.07) is 15.0. The van der Waals surface area contributed by atoms with Gasteiger partial charge in [0.25, 0.3) is 11.5 Å². The molecule has 2 heterocycles. The smallest absolute Gasteiger partial charge is 0.348 e. The predicted molar refractivity (Wildman–Crippen MR) is 135 cm³/mol. The van der Waals surface area contributed by atoms with Gasteiger partial charge >= 0.3 is 6.18 Å². The molecule has 0 aliphatic carbocycles. The minimum Gasteiger partial charge on any atom is -0.348 e. The van der Waals surface area contributed by atoms with E-state index in [1.165, 1.54) is 18.2 Å². The number of aryl methyl sites for hydroxylation is 1. The Morgan fingerprint density at radius 2 is 1.81 bits per heavy atom. The van der Waals surface area contributed by atoms with Crippen LogP contribution in [0.25, 0.3) is 16.9 Å². The second kappa shape index (κ2) is 10.2. The van der Waals surface area contributed by atoms with Crippen LogP contribution in [-0.4, -0.2) is 26.5 Å². The minimum atomic E-state index is -4.59. The van der Waals surface area contributed by atoms with Crippen LogP contribution in [0.5, 0.6) is 0 Å². The van der Waals surface area contributed by atoms with E-state index < -0.39 is 33.9 Å². The lowest BCUT2D eigenvalue weighted by molar-refractivity contribution is -0.137. The number of alkyl halides is 3. The summed E-state index contributed by atoms with van der Waals surface area (Å²) in [6.45, 7) is 1.77. The second-order valence-corrected chi connectivity index (χ2v) is 10.1. The normalized spacial score (nSPS) is 12.4. The molecule has 4 rings (SSSR count). The molecule has 3 N–H and O–H groups in total. The molecule has 0 spiro atoms. The maximum Gasteiger partial charge on any atom is 0.416 e. The summed E-state index contributed by atoms with van der Waals surface area (Å²) in [5.74, 6) is -0.646. The molecule has 37 heavy (non-hydrogen) atoms. The summed E-state index contributed by atoms with van der Waals surface area (Å²) in [5.41, 5.74) is 0.439. The summed E-state index contributed by atoms with van der Waals surface area (Å²) >= 11 is 0. The molecular formula is C26H25F3N5O2S+. The topological polar surface area (TPSA) is 94.5 Å². The first-order chi connectivity index (χ1) is 17.5. The van der Waals surface area contributed by atoms with E-state index in [0.717, 1.165) is 27.2 Å². The van der Waals surface area contributed by atoms with Crippen molar-refractivity contribution in [1.29, 1.82) is 0 Å². The van der Waals surface area contributed by atoms with E-state index in [-0.39, 0.29) is 17.8 Å². The molecule has 0 aliphatic rings. The maximum absolute atomic E-state index is 13.5. The van der Waals surface area contributed by atoms with Gasteiger partial charge in [-0.25, -0.2) is 4.78 Å². The number of pyridine rings is 1. The zero-order valence-electron chi connectivity index (χ0n) is 20.3. The van der Waals surface area contributed by atoms with Crippen molar-refractivity contribution in [3.63, 3.8) is 0 Å². The Balaban J connectivity index is 1.79. The van der Waals surface area contributed by atoms with Gasteiger partial charge in [-0.2, -0.15) is 18.3 Å². The highest BCUT2D eigenvalue weighted by molar-refractivity contribution is 7.83. The van der Waals surface area contributed by atoms with Crippen LogP contribution in [0.4, 0.5) is 13.2 Å². The lowest BCUT2D eigenvalue weighted by Gasteiger charge is -2.18. The lowest BCUT2D eigenvalue weighted by Crippen LogP contribution is -2.34. The summed E-state index contributed by atoms with van der Waals surface area (Å²) in [7, 11) is 1.30. The fraction of sp³-hybridized carbons (Fsp3) is 0.192. The molecule has 2 aromatic carbocycles. The molecule has 0 bridgehead atoms. The van der Waals surface area contributed by atoms with E-state index in [2.05, 4.69) is 10.4 Å². The number of carbonyl (C=O) groups is 1. The number of carbonyl (C=O) groups excluding carboxylic acids is 1. The zero-order valence-corrected chi connectivity index (χ0v) is 21.2. The third kappa shape index (κ3) is 5.41. The largest absolute Gasteiger partial charge is 0.416 e. The summed E-state index contributed by atoms with van der Waals surface area (Å²) in [5, 5.41) is 6.89. The number of amides is 1. The molecule has 0 fully saturated rings. The fourth-order valence-corrected chi connectivity index (χ4v) is 4.56. The van der Waals surface area contributed by atoms with Crippen LogP contribution in [0.15, 0.2) is 76.6 Å². The lowest BCUT2D eigenvalue weighted by atomic mass is 10.1. The number of aromatic nitrogens is 3. The maximum atomic E-state index is 13.5. The van der Waals surface area contributed by atoms with Crippen LogP contribution < -0.4 is 15.7 Å². The first-order valence-electron chi connectivity index (χ1n) is 11.2. The number of nitrogens with two attached hydrogens (primary N) is 1. The second-order valence-electron chi connectivity index (χ2n) is 8.47. The van der Waals surface area contributed by atoms with Crippen LogP contribution >= 0.6 is 0 Å². The van der Waals surface area contributed by atoms with Gasteiger partial charge in [0.15, 0.2) is 0 Å². The SMILES string of the molecule is Cc1c(-c2ccnn2C)cc(C(=O)NCc2ccc(S(C)=[NH2+])cc2)c(=O)n1-c1cccc(C(F)(F)F)c1. The standard InChI is InChI=1S/C26H24F3N5O2S/c1-16-21(23-11-12-32-33(23)2)14-22(24(35)31-15-17-7-9-20(10-8-17)37(3)30)25(36)34(16)19-6-4-5-18(13-19)26(27,28)29/h4-14,30H,15H2,1-3H3,(H,31,35)/p+1. The molecule has 1 atom stereocenters. The van der Waals surface area contributed by atoms with Gasteiger partial charge in [-0.3, -0.25) is 18.8 Å². The highest BCUT2D eigenvalue weighted by Crippen LogP contribution is 2.31. The highest BCUT2D eigenvalue weighted by Gasteiger charge is 2.31. The first kappa shape index (κ1) is 26.1. The van der Waals surface area contributed by atoms with Crippen LogP contribution in [0, 0.1) is 6.92 Å². The molecule has 0 radical (unpaired) electrons. The Labute approximate surface area is 213 Å². The Kier molecular flexibility index (Phi) is 7.17. The molecule has 11 heteroatoms. The van der Waals surface area contributed by atoms with Crippen molar-refractivity contribution >= 4 is 16.6 Å². The first-order valence-corrected chi connectivity index (χ1v) is 12.9. The monoisotopic (exact) mass is 528 g/mol. The summed E-state index contributed by atoms with van der Waals surface area (Å²) in [6.07, 6.45) is -1.14. The van der Waals surface area contributed by atoms with Gasteiger partial charge in [0.1, 0.15) is 5.56 Å². The molecule has 192 valence electrons. The number of halogens is 3. The van der Waals surface area contributed by atoms with Gasteiger partial charge in [-0.15, -0.1) is 0 Å². The molecule has 4 aromatic rings. The summed E-state index contributed by atoms with van der Waals surface area (Å²) < 4.78 is 48.8. The molecule has 0 aliphatic heterocycles. The Bertz CT molecular complexity index is 1560. The number of rotatable bonds is 6. The van der Waals surface area contributed by atoms with Crippen LogP contribution in [0.2, 0.25) is 0 Å². The van der Waals surface area contributed by atoms with E-state index in [1.54, 1.807) is 30.9 Å². The average Bonchev–Trinajstić information content (AvgIpc) is 3.28. The van der Waals surface area contributed by atoms with Crippen molar-refractivity contribution < 1.29 is 22.7 Å². The molecule has 1 amide bonds. The quantitative estimate of drug-likeness (QED) is 0.403. The summed E-state index contributed by atoms with van der Waals surface area (Å²) in [4.78, 5) is 27.7. The van der Waals surface area contributed by atoms with Crippen molar-refractivity contribution in [1.82, 2.24) is 19.7 Å². The van der Waals surface area contributed by atoms with Crippen molar-refractivity contribution in [2.75, 3.05) is 6.26 Å². The van der Waals surface area contributed by atoms with E-state index in [0.29, 0.717) is 17.0 Å². The molecule has 2 aromatic heterocycles. The zero-order chi connectivity index (χ0) is 26.9. The van der Waals surface area contributed by atoms with Crippen LogP contribution in [0.3, 0.4) is 0 Å². The van der Waals surface area contributed by atoms with Gasteiger partial charge in [-0.1, -0.05) is 18.2 Å². The highest BCUT2D eigenvalue weighted by atomic mass is 32.2. The molecule has 0 saturated heterocycles. The Morgan fingerprint density at radius 3 is 2.41 bits per heavy atom. The third-order valence-electron chi connectivity index (χ3n) is 5.97. The van der Waals surface area contributed by atoms with Crippen LogP contribution in [0.1, 0.15) is 27.2 Å². The third-order valence-corrected chi connectivity index (χ3v) is 6.98. The van der Waals surface area contributed by atoms with E-state index in [9.17, 15) is 22.8 Å². The van der Waals surface area contributed by atoms with E-state index >= 15 is 0 Å². The van der Waals surface area contributed by atoms with Gasteiger partial charge in [0.05, 0.1) is 26.8 Å². The van der Waals surface area contributed by atoms with Crippen molar-refractivity contribution in [2.45, 2.75) is 24.5 Å². The molecule has 7 nitrogen and oxygen atoms in total. The van der Waals surface area contributed by atoms with E-state index in [1.807, 2.05) is 30.5 Å². The van der Waals surface area contributed by atoms with Crippen molar-refractivity contribution in [2.24, 2.45) is 7.05 Å². The van der Waals surface area contributed by atoms with Crippen LogP contribution in [-0.2, 0) is 30.5 Å². The minimum absolute atomic E-state index is 0.00252. The van der Waals surface area contributed by atoms with Gasteiger partial charge in [-0.05, 0) is 55.0 Å². The molecule has 1 unspecified atom stereocenters. The fourth-order valence-electron chi connectivity index (χ4n) is 4.00. The van der Waals surface area contributed by atoms with Crippen molar-refractivity contribution in [3.05, 3.63) is 99.6 Å². The van der Waals surface area contributed by atoms with Gasteiger partial charge in [0.2, 0.25) is 0 Å². The molecular weight excluding hydrogens is 503 g/mol. The Morgan fingerprint density at radius 1 is 1.11 bits per heavy atom. The van der Waals surface area contributed by atoms with Gasteiger partial charge in [0, 0.05) is 43.0 Å². The van der Waals surface area contributed by atoms with Crippen molar-refractivity contribution in [3.8, 4) is 16.9 Å². The number of benzene rings is 2. The number of nitrogens with zero attached hydrogens (tertiary/aromatic N) is 3. The Hall–Kier alpha value is -3.99. The van der Waals surface area contributed by atoms with Gasteiger partial charge < -0.3 is 5.32 Å². The predicted octanol–water partition coefficient (Wildman–Crippen LogP) is 3.04. The number of hydrogen-bond acceptors (Lipinski definition) is 3.